The molecule has 0 bridgehead atoms. The van der Waals surface area contributed by atoms with Gasteiger partial charge in [0.15, 0.2) is 0 Å². The zero-order valence-corrected chi connectivity index (χ0v) is 11.9. The molecular weight excluding hydrogens is 198 g/mol. The molecule has 0 radical (unpaired) electrons. The fourth-order valence-corrected chi connectivity index (χ4v) is 1.95. The first-order valence-corrected chi connectivity index (χ1v) is 6.92. The van der Waals surface area contributed by atoms with E-state index in [2.05, 4.69) is 39.9 Å². The maximum absolute atomic E-state index is 5.68. The van der Waals surface area contributed by atoms with Gasteiger partial charge >= 0.3 is 0 Å². The van der Waals surface area contributed by atoms with Crippen LogP contribution >= 0.6 is 0 Å². The second-order valence-corrected chi connectivity index (χ2v) is 5.10. The molecule has 2 unspecified atom stereocenters. The summed E-state index contributed by atoms with van der Waals surface area (Å²) in [4.78, 5) is 0. The monoisotopic (exact) mass is 229 g/mol. The summed E-state index contributed by atoms with van der Waals surface area (Å²) >= 11 is 0. The molecule has 0 aromatic carbocycles. The Bertz CT molecular complexity index is 148. The van der Waals surface area contributed by atoms with Crippen LogP contribution in [-0.2, 0) is 4.74 Å². The van der Waals surface area contributed by atoms with Crippen LogP contribution in [0.1, 0.15) is 53.9 Å². The van der Waals surface area contributed by atoms with E-state index in [-0.39, 0.29) is 0 Å². The van der Waals surface area contributed by atoms with Gasteiger partial charge in [0.1, 0.15) is 0 Å². The van der Waals surface area contributed by atoms with Crippen molar-refractivity contribution in [3.8, 4) is 0 Å². The van der Waals surface area contributed by atoms with Gasteiger partial charge in [0.05, 0.1) is 0 Å². The van der Waals surface area contributed by atoms with Crippen molar-refractivity contribution < 1.29 is 4.74 Å². The number of hydrogen-bond acceptors (Lipinski definition) is 2. The maximum Gasteiger partial charge on any atom is 0.0469 e. The van der Waals surface area contributed by atoms with E-state index in [9.17, 15) is 0 Å². The van der Waals surface area contributed by atoms with Crippen LogP contribution in [0.2, 0.25) is 0 Å². The summed E-state index contributed by atoms with van der Waals surface area (Å²) in [5, 5.41) is 3.50. The van der Waals surface area contributed by atoms with Gasteiger partial charge in [0.2, 0.25) is 0 Å². The van der Waals surface area contributed by atoms with Crippen LogP contribution < -0.4 is 5.32 Å². The van der Waals surface area contributed by atoms with E-state index in [4.69, 9.17) is 4.74 Å². The third-order valence-corrected chi connectivity index (χ3v) is 3.23. The van der Waals surface area contributed by atoms with Crippen molar-refractivity contribution >= 4 is 0 Å². The number of hydrogen-bond donors (Lipinski definition) is 1. The molecule has 0 aliphatic rings. The highest BCUT2D eigenvalue weighted by Gasteiger charge is 2.13. The third kappa shape index (κ3) is 8.12. The van der Waals surface area contributed by atoms with Crippen LogP contribution in [0.25, 0.3) is 0 Å². The van der Waals surface area contributed by atoms with Gasteiger partial charge < -0.3 is 10.1 Å². The Hall–Kier alpha value is -0.0800. The maximum atomic E-state index is 5.68. The molecule has 0 spiro atoms. The van der Waals surface area contributed by atoms with Crippen molar-refractivity contribution in [2.75, 3.05) is 19.8 Å². The molecule has 0 amide bonds. The van der Waals surface area contributed by atoms with E-state index in [0.29, 0.717) is 6.04 Å². The van der Waals surface area contributed by atoms with Crippen LogP contribution in [-0.4, -0.2) is 25.8 Å². The SMILES string of the molecule is CCNC(C)C(CC)CCOCCC(C)C. The summed E-state index contributed by atoms with van der Waals surface area (Å²) < 4.78 is 5.68. The lowest BCUT2D eigenvalue weighted by Gasteiger charge is -2.23. The molecule has 0 heterocycles. The van der Waals surface area contributed by atoms with E-state index in [1.165, 1.54) is 19.3 Å². The highest BCUT2D eigenvalue weighted by Crippen LogP contribution is 2.13. The van der Waals surface area contributed by atoms with Crippen molar-refractivity contribution in [1.29, 1.82) is 0 Å². The molecule has 0 aromatic heterocycles. The highest BCUT2D eigenvalue weighted by molar-refractivity contribution is 4.70. The molecule has 0 aliphatic carbocycles. The topological polar surface area (TPSA) is 21.3 Å². The van der Waals surface area contributed by atoms with E-state index < -0.39 is 0 Å². The molecule has 0 aliphatic heterocycles. The first kappa shape index (κ1) is 15.9. The van der Waals surface area contributed by atoms with Crippen LogP contribution in [0, 0.1) is 11.8 Å². The van der Waals surface area contributed by atoms with E-state index in [0.717, 1.165) is 31.6 Å². The van der Waals surface area contributed by atoms with Gasteiger partial charge in [-0.3, -0.25) is 0 Å². The molecule has 0 fully saturated rings. The highest BCUT2D eigenvalue weighted by atomic mass is 16.5. The van der Waals surface area contributed by atoms with Gasteiger partial charge in [-0.25, -0.2) is 0 Å². The van der Waals surface area contributed by atoms with Crippen LogP contribution in [0.3, 0.4) is 0 Å². The zero-order chi connectivity index (χ0) is 12.4. The van der Waals surface area contributed by atoms with Crippen LogP contribution in [0.15, 0.2) is 0 Å². The Morgan fingerprint density at radius 1 is 1.00 bits per heavy atom. The van der Waals surface area contributed by atoms with Crippen molar-refractivity contribution in [3.05, 3.63) is 0 Å². The third-order valence-electron chi connectivity index (χ3n) is 3.23. The molecule has 2 atom stereocenters. The van der Waals surface area contributed by atoms with Gasteiger partial charge in [0, 0.05) is 19.3 Å². The van der Waals surface area contributed by atoms with E-state index in [1.54, 1.807) is 0 Å². The average Bonchev–Trinajstić information content (AvgIpc) is 2.23. The Morgan fingerprint density at radius 2 is 1.62 bits per heavy atom. The molecule has 16 heavy (non-hydrogen) atoms. The van der Waals surface area contributed by atoms with Gasteiger partial charge in [-0.2, -0.15) is 0 Å². The van der Waals surface area contributed by atoms with Gasteiger partial charge in [-0.05, 0) is 38.1 Å². The van der Waals surface area contributed by atoms with Crippen molar-refractivity contribution in [1.82, 2.24) is 5.32 Å². The standard InChI is InChI=1S/C14H31NO/c1-6-14(13(5)15-7-2)9-11-16-10-8-12(3)4/h12-15H,6-11H2,1-5H3. The van der Waals surface area contributed by atoms with Crippen molar-refractivity contribution in [2.24, 2.45) is 11.8 Å². The lowest BCUT2D eigenvalue weighted by Crippen LogP contribution is -2.33. The molecule has 0 saturated heterocycles. The predicted molar refractivity (Wildman–Crippen MR) is 71.8 cm³/mol. The average molecular weight is 229 g/mol. The molecule has 98 valence electrons. The second-order valence-electron chi connectivity index (χ2n) is 5.10. The minimum Gasteiger partial charge on any atom is -0.381 e. The molecule has 0 rings (SSSR count). The first-order chi connectivity index (χ1) is 7.61. The normalized spacial score (nSPS) is 15.4. The van der Waals surface area contributed by atoms with Crippen molar-refractivity contribution in [3.63, 3.8) is 0 Å². The fraction of sp³-hybridized carbons (Fsp3) is 1.00. The lowest BCUT2D eigenvalue weighted by atomic mass is 9.95. The second kappa shape index (κ2) is 10.1. The Labute approximate surface area is 102 Å². The summed E-state index contributed by atoms with van der Waals surface area (Å²) in [7, 11) is 0. The van der Waals surface area contributed by atoms with E-state index >= 15 is 0 Å². The molecule has 0 aromatic rings. The quantitative estimate of drug-likeness (QED) is 0.579. The summed E-state index contributed by atoms with van der Waals surface area (Å²) in [6, 6.07) is 0.615. The summed E-state index contributed by atoms with van der Waals surface area (Å²) in [6.45, 7) is 14.1. The Morgan fingerprint density at radius 3 is 2.12 bits per heavy atom. The smallest absolute Gasteiger partial charge is 0.0469 e. The lowest BCUT2D eigenvalue weighted by molar-refractivity contribution is 0.105. The van der Waals surface area contributed by atoms with Gasteiger partial charge in [0.25, 0.3) is 0 Å². The van der Waals surface area contributed by atoms with Gasteiger partial charge in [-0.1, -0.05) is 34.1 Å². The summed E-state index contributed by atoms with van der Waals surface area (Å²) in [6.07, 6.45) is 3.60. The first-order valence-electron chi connectivity index (χ1n) is 6.92. The molecule has 2 heteroatoms. The molecule has 0 saturated carbocycles. The number of rotatable bonds is 10. The van der Waals surface area contributed by atoms with Gasteiger partial charge in [-0.15, -0.1) is 0 Å². The minimum absolute atomic E-state index is 0.615. The van der Waals surface area contributed by atoms with E-state index in [1.807, 2.05) is 0 Å². The Balaban J connectivity index is 3.54. The number of nitrogens with one attached hydrogen (secondary N) is 1. The van der Waals surface area contributed by atoms with Crippen LogP contribution in [0.5, 0.6) is 0 Å². The Kier molecular flexibility index (Phi) is 10.0. The predicted octanol–water partition coefficient (Wildman–Crippen LogP) is 3.46. The van der Waals surface area contributed by atoms with Crippen molar-refractivity contribution in [2.45, 2.75) is 59.9 Å². The summed E-state index contributed by atoms with van der Waals surface area (Å²) in [5.74, 6) is 1.50. The zero-order valence-electron chi connectivity index (χ0n) is 11.9. The fourth-order valence-electron chi connectivity index (χ4n) is 1.95. The largest absolute Gasteiger partial charge is 0.381 e. The van der Waals surface area contributed by atoms with Crippen LogP contribution in [0.4, 0.5) is 0 Å². The molecule has 2 nitrogen and oxygen atoms in total. The minimum atomic E-state index is 0.615. The number of ether oxygens (including phenoxy) is 1. The molecule has 1 N–H and O–H groups in total. The molecular formula is C14H31NO. The summed E-state index contributed by atoms with van der Waals surface area (Å²) in [5.41, 5.74) is 0.